The van der Waals surface area contributed by atoms with Crippen LogP contribution in [0, 0.1) is 20.8 Å². The maximum absolute atomic E-state index is 5.67. The quantitative estimate of drug-likeness (QED) is 0.697. The van der Waals surface area contributed by atoms with Crippen LogP contribution in [0.2, 0.25) is 0 Å². The molecule has 0 aliphatic carbocycles. The van der Waals surface area contributed by atoms with Gasteiger partial charge in [-0.2, -0.15) is 0 Å². The maximum atomic E-state index is 5.67. The zero-order chi connectivity index (χ0) is 9.59. The van der Waals surface area contributed by atoms with Gasteiger partial charge in [0.25, 0.3) is 0 Å². The minimum Gasteiger partial charge on any atom is -0.375 e. The van der Waals surface area contributed by atoms with Gasteiger partial charge in [-0.05, 0) is 43.5 Å². The summed E-state index contributed by atoms with van der Waals surface area (Å²) in [6.45, 7) is 6.35. The average Bonchev–Trinajstić information content (AvgIpc) is 2.42. The molecule has 0 radical (unpaired) electrons. The molecule has 0 unspecified atom stereocenters. The standard InChI is InChI=1S/C10H12N2S/c1-5-4-8-9(7(3)6(5)2)12-10(11)13-8/h4H,1-3H3,(H2,11,12). The number of hydrogen-bond donors (Lipinski definition) is 1. The maximum Gasteiger partial charge on any atom is 0.181 e. The van der Waals surface area contributed by atoms with Gasteiger partial charge in [-0.15, -0.1) is 0 Å². The molecule has 1 aromatic carbocycles. The predicted octanol–water partition coefficient (Wildman–Crippen LogP) is 2.80. The van der Waals surface area contributed by atoms with Gasteiger partial charge in [0.1, 0.15) is 0 Å². The lowest BCUT2D eigenvalue weighted by molar-refractivity contribution is 1.28. The Kier molecular flexibility index (Phi) is 1.77. The van der Waals surface area contributed by atoms with Gasteiger partial charge in [0.05, 0.1) is 10.2 Å². The summed E-state index contributed by atoms with van der Waals surface area (Å²) in [5, 5.41) is 0.656. The van der Waals surface area contributed by atoms with E-state index in [1.54, 1.807) is 11.3 Å². The molecule has 0 aliphatic rings. The molecule has 13 heavy (non-hydrogen) atoms. The lowest BCUT2D eigenvalue weighted by Crippen LogP contribution is -1.87. The number of aryl methyl sites for hydroxylation is 2. The smallest absolute Gasteiger partial charge is 0.181 e. The van der Waals surface area contributed by atoms with Gasteiger partial charge >= 0.3 is 0 Å². The highest BCUT2D eigenvalue weighted by molar-refractivity contribution is 7.22. The van der Waals surface area contributed by atoms with E-state index in [1.165, 1.54) is 21.4 Å². The Labute approximate surface area is 81.4 Å². The molecule has 0 aliphatic heterocycles. The highest BCUT2D eigenvalue weighted by Gasteiger charge is 2.07. The number of nitrogens with zero attached hydrogens (tertiary/aromatic N) is 1. The molecule has 1 heterocycles. The molecule has 0 spiro atoms. The first-order chi connectivity index (χ1) is 6.09. The summed E-state index contributed by atoms with van der Waals surface area (Å²) in [6, 6.07) is 2.16. The Bertz CT molecular complexity index is 471. The van der Waals surface area contributed by atoms with Crippen LogP contribution in [0.3, 0.4) is 0 Å². The van der Waals surface area contributed by atoms with Gasteiger partial charge in [0.2, 0.25) is 0 Å². The molecule has 0 fully saturated rings. The van der Waals surface area contributed by atoms with E-state index in [0.717, 1.165) is 5.52 Å². The molecule has 1 aromatic heterocycles. The second-order valence-electron chi connectivity index (χ2n) is 3.34. The molecule has 0 amide bonds. The number of rotatable bonds is 0. The molecule has 68 valence electrons. The summed E-state index contributed by atoms with van der Waals surface area (Å²) >= 11 is 1.56. The predicted molar refractivity (Wildman–Crippen MR) is 58.2 cm³/mol. The van der Waals surface area contributed by atoms with E-state index < -0.39 is 0 Å². The highest BCUT2D eigenvalue weighted by Crippen LogP contribution is 2.29. The van der Waals surface area contributed by atoms with Gasteiger partial charge in [-0.1, -0.05) is 11.3 Å². The van der Waals surface area contributed by atoms with Crippen LogP contribution >= 0.6 is 11.3 Å². The first-order valence-electron chi connectivity index (χ1n) is 4.22. The molecule has 0 saturated carbocycles. The minimum atomic E-state index is 0.656. The van der Waals surface area contributed by atoms with E-state index in [2.05, 4.69) is 31.8 Å². The Hall–Kier alpha value is -1.09. The molecule has 2 aromatic rings. The fourth-order valence-electron chi connectivity index (χ4n) is 1.49. The van der Waals surface area contributed by atoms with Crippen LogP contribution in [-0.2, 0) is 0 Å². The van der Waals surface area contributed by atoms with Crippen LogP contribution in [0.15, 0.2) is 6.07 Å². The number of anilines is 1. The van der Waals surface area contributed by atoms with Crippen LogP contribution in [0.5, 0.6) is 0 Å². The van der Waals surface area contributed by atoms with E-state index >= 15 is 0 Å². The molecule has 0 bridgehead atoms. The third-order valence-electron chi connectivity index (χ3n) is 2.53. The molecule has 0 atom stereocenters. The van der Waals surface area contributed by atoms with E-state index in [9.17, 15) is 0 Å². The largest absolute Gasteiger partial charge is 0.375 e. The van der Waals surface area contributed by atoms with Crippen molar-refractivity contribution in [3.05, 3.63) is 22.8 Å². The molecule has 2 nitrogen and oxygen atoms in total. The van der Waals surface area contributed by atoms with Crippen molar-refractivity contribution < 1.29 is 0 Å². The van der Waals surface area contributed by atoms with Crippen molar-refractivity contribution >= 4 is 26.7 Å². The monoisotopic (exact) mass is 192 g/mol. The SMILES string of the molecule is Cc1cc2sc(N)nc2c(C)c1C. The molecular weight excluding hydrogens is 180 g/mol. The molecule has 2 rings (SSSR count). The number of thiazole rings is 1. The van der Waals surface area contributed by atoms with Crippen LogP contribution in [0.1, 0.15) is 16.7 Å². The van der Waals surface area contributed by atoms with Gasteiger partial charge < -0.3 is 5.73 Å². The van der Waals surface area contributed by atoms with Crippen molar-refractivity contribution in [1.82, 2.24) is 4.98 Å². The highest BCUT2D eigenvalue weighted by atomic mass is 32.1. The number of nitrogen functional groups attached to an aromatic ring is 1. The third-order valence-corrected chi connectivity index (χ3v) is 3.36. The van der Waals surface area contributed by atoms with Gasteiger partial charge in [0.15, 0.2) is 5.13 Å². The van der Waals surface area contributed by atoms with Gasteiger partial charge in [0, 0.05) is 0 Å². The fraction of sp³-hybridized carbons (Fsp3) is 0.300. The summed E-state index contributed by atoms with van der Waals surface area (Å²) in [5.74, 6) is 0. The van der Waals surface area contributed by atoms with E-state index in [0.29, 0.717) is 5.13 Å². The lowest BCUT2D eigenvalue weighted by Gasteiger charge is -2.03. The number of benzene rings is 1. The van der Waals surface area contributed by atoms with Crippen LogP contribution < -0.4 is 5.73 Å². The molecular formula is C10H12N2S. The zero-order valence-electron chi connectivity index (χ0n) is 8.01. The first-order valence-corrected chi connectivity index (χ1v) is 5.04. The third kappa shape index (κ3) is 1.20. The van der Waals surface area contributed by atoms with Crippen molar-refractivity contribution in [2.24, 2.45) is 0 Å². The van der Waals surface area contributed by atoms with E-state index in [4.69, 9.17) is 5.73 Å². The fourth-order valence-corrected chi connectivity index (χ4v) is 2.39. The summed E-state index contributed by atoms with van der Waals surface area (Å²) in [7, 11) is 0. The summed E-state index contributed by atoms with van der Waals surface area (Å²) in [6.07, 6.45) is 0. The van der Waals surface area contributed by atoms with Gasteiger partial charge in [-0.25, -0.2) is 4.98 Å². The normalized spacial score (nSPS) is 11.0. The van der Waals surface area contributed by atoms with Gasteiger partial charge in [-0.3, -0.25) is 0 Å². The second kappa shape index (κ2) is 2.70. The Morgan fingerprint density at radius 2 is 1.92 bits per heavy atom. The number of hydrogen-bond acceptors (Lipinski definition) is 3. The van der Waals surface area contributed by atoms with Crippen LogP contribution in [-0.4, -0.2) is 4.98 Å². The van der Waals surface area contributed by atoms with Crippen LogP contribution in [0.25, 0.3) is 10.2 Å². The van der Waals surface area contributed by atoms with Crippen molar-refractivity contribution in [1.29, 1.82) is 0 Å². The van der Waals surface area contributed by atoms with Crippen molar-refractivity contribution in [2.45, 2.75) is 20.8 Å². The van der Waals surface area contributed by atoms with E-state index in [-0.39, 0.29) is 0 Å². The summed E-state index contributed by atoms with van der Waals surface area (Å²) in [5.41, 5.74) is 10.6. The number of nitrogens with two attached hydrogens (primary N) is 1. The van der Waals surface area contributed by atoms with E-state index in [1.807, 2.05) is 0 Å². The zero-order valence-corrected chi connectivity index (χ0v) is 8.83. The lowest BCUT2D eigenvalue weighted by atomic mass is 10.0. The minimum absolute atomic E-state index is 0.656. The molecule has 2 N–H and O–H groups in total. The Morgan fingerprint density at radius 3 is 2.62 bits per heavy atom. The first kappa shape index (κ1) is 8.51. The van der Waals surface area contributed by atoms with Crippen molar-refractivity contribution in [3.63, 3.8) is 0 Å². The average molecular weight is 192 g/mol. The number of aromatic nitrogens is 1. The summed E-state index contributed by atoms with van der Waals surface area (Å²) in [4.78, 5) is 4.31. The molecule has 3 heteroatoms. The Morgan fingerprint density at radius 1 is 1.23 bits per heavy atom. The van der Waals surface area contributed by atoms with Crippen LogP contribution in [0.4, 0.5) is 5.13 Å². The summed E-state index contributed by atoms with van der Waals surface area (Å²) < 4.78 is 1.19. The topological polar surface area (TPSA) is 38.9 Å². The van der Waals surface area contributed by atoms with Crippen molar-refractivity contribution in [3.8, 4) is 0 Å². The number of fused-ring (bicyclic) bond motifs is 1. The van der Waals surface area contributed by atoms with Crippen molar-refractivity contribution in [2.75, 3.05) is 5.73 Å². The molecule has 0 saturated heterocycles. The Balaban J connectivity index is 2.92. The second-order valence-corrected chi connectivity index (χ2v) is 4.40.